The average Bonchev–Trinajstić information content (AvgIpc) is 3.46. The first-order valence-corrected chi connectivity index (χ1v) is 10.3. The van der Waals surface area contributed by atoms with Crippen LogP contribution in [-0.2, 0) is 9.53 Å². The maximum atomic E-state index is 12.5. The minimum absolute atomic E-state index is 0.0251. The van der Waals surface area contributed by atoms with Crippen LogP contribution >= 0.6 is 0 Å². The molecule has 31 heavy (non-hydrogen) atoms. The fraction of sp³-hybridized carbons (Fsp3) is 0.364. The van der Waals surface area contributed by atoms with Crippen LogP contribution in [0.2, 0.25) is 0 Å². The van der Waals surface area contributed by atoms with Gasteiger partial charge in [0.25, 0.3) is 0 Å². The highest BCUT2D eigenvalue weighted by molar-refractivity contribution is 5.92. The highest BCUT2D eigenvalue weighted by atomic mass is 16.5. The second-order valence-electron chi connectivity index (χ2n) is 7.58. The smallest absolute Gasteiger partial charge is 0.320 e. The Hall–Kier alpha value is -3.46. The van der Waals surface area contributed by atoms with Gasteiger partial charge in [-0.3, -0.25) is 15.2 Å². The molecule has 162 valence electrons. The Labute approximate surface area is 180 Å². The van der Waals surface area contributed by atoms with E-state index in [4.69, 9.17) is 4.74 Å². The third kappa shape index (κ3) is 4.66. The molecular formula is C22H26N6O3. The number of aromatic amines is 1. The van der Waals surface area contributed by atoms with E-state index in [9.17, 15) is 9.59 Å². The number of hydrogen-bond acceptors (Lipinski definition) is 5. The Kier molecular flexibility index (Phi) is 6.13. The average molecular weight is 422 g/mol. The van der Waals surface area contributed by atoms with Gasteiger partial charge in [0.15, 0.2) is 0 Å². The minimum atomic E-state index is -0.382. The van der Waals surface area contributed by atoms with E-state index in [2.05, 4.69) is 31.1 Å². The summed E-state index contributed by atoms with van der Waals surface area (Å²) in [7, 11) is 1.59. The predicted molar refractivity (Wildman–Crippen MR) is 117 cm³/mol. The first kappa shape index (κ1) is 20.8. The molecule has 0 saturated heterocycles. The predicted octanol–water partition coefficient (Wildman–Crippen LogP) is 2.71. The quantitative estimate of drug-likeness (QED) is 0.445. The highest BCUT2D eigenvalue weighted by Crippen LogP contribution is 2.48. The van der Waals surface area contributed by atoms with E-state index in [1.807, 2.05) is 37.3 Å². The van der Waals surface area contributed by atoms with Gasteiger partial charge in [0, 0.05) is 48.8 Å². The maximum absolute atomic E-state index is 12.5. The number of fused-ring (bicyclic) bond motifs is 1. The second kappa shape index (κ2) is 9.13. The lowest BCUT2D eigenvalue weighted by molar-refractivity contribution is -0.122. The lowest BCUT2D eigenvalue weighted by Crippen LogP contribution is -2.35. The van der Waals surface area contributed by atoms with Crippen molar-refractivity contribution in [3.63, 3.8) is 0 Å². The van der Waals surface area contributed by atoms with Crippen molar-refractivity contribution in [3.05, 3.63) is 53.9 Å². The number of nitrogens with one attached hydrogen (secondary N) is 4. The van der Waals surface area contributed by atoms with Gasteiger partial charge in [-0.2, -0.15) is 5.10 Å². The summed E-state index contributed by atoms with van der Waals surface area (Å²) in [5.74, 6) is 0.564. The van der Waals surface area contributed by atoms with Crippen LogP contribution in [0, 0.1) is 5.92 Å². The number of rotatable bonds is 8. The number of benzene rings is 1. The molecule has 3 atom stereocenters. The molecule has 1 aliphatic carbocycles. The van der Waals surface area contributed by atoms with Gasteiger partial charge in [-0.05, 0) is 18.9 Å². The summed E-state index contributed by atoms with van der Waals surface area (Å²) < 4.78 is 5.24. The number of anilines is 1. The van der Waals surface area contributed by atoms with Crippen molar-refractivity contribution in [2.24, 2.45) is 5.92 Å². The number of amides is 3. The summed E-state index contributed by atoms with van der Waals surface area (Å²) in [5.41, 5.74) is 2.56. The number of pyridine rings is 1. The standard InChI is InChI=1S/C22H26N6O3/c1-3-23-21(29)15-9-14(15)20-16-11-24-19(10-17(16)27-28-20)26-22(30)25-18(12-31-2)13-7-5-4-6-8-13/h4-8,10-11,14-15,18H,3,9,12H2,1-2H3,(H,23,29)(H,27,28)(H2,24,25,26,30)/t14?,15?,18-/m1/s1. The Morgan fingerprint density at radius 3 is 2.84 bits per heavy atom. The highest BCUT2D eigenvalue weighted by Gasteiger charge is 2.45. The van der Waals surface area contributed by atoms with Crippen LogP contribution in [0.1, 0.15) is 36.6 Å². The summed E-state index contributed by atoms with van der Waals surface area (Å²) >= 11 is 0. The summed E-state index contributed by atoms with van der Waals surface area (Å²) in [6, 6.07) is 10.7. The minimum Gasteiger partial charge on any atom is -0.382 e. The molecule has 0 radical (unpaired) electrons. The van der Waals surface area contributed by atoms with Gasteiger partial charge in [0.05, 0.1) is 18.2 Å². The molecule has 2 unspecified atom stereocenters. The number of H-pyrrole nitrogens is 1. The molecule has 9 nitrogen and oxygen atoms in total. The molecule has 1 aliphatic rings. The van der Waals surface area contributed by atoms with Crippen LogP contribution in [0.3, 0.4) is 0 Å². The van der Waals surface area contributed by atoms with Gasteiger partial charge < -0.3 is 15.4 Å². The van der Waals surface area contributed by atoms with E-state index in [0.717, 1.165) is 23.1 Å². The van der Waals surface area contributed by atoms with E-state index in [1.165, 1.54) is 0 Å². The lowest BCUT2D eigenvalue weighted by atomic mass is 10.1. The van der Waals surface area contributed by atoms with Gasteiger partial charge in [0.1, 0.15) is 5.82 Å². The van der Waals surface area contributed by atoms with E-state index in [-0.39, 0.29) is 29.8 Å². The van der Waals surface area contributed by atoms with Gasteiger partial charge >= 0.3 is 6.03 Å². The topological polar surface area (TPSA) is 121 Å². The second-order valence-corrected chi connectivity index (χ2v) is 7.58. The number of urea groups is 1. The molecule has 1 fully saturated rings. The lowest BCUT2D eigenvalue weighted by Gasteiger charge is -2.18. The molecule has 3 amide bonds. The third-order valence-corrected chi connectivity index (χ3v) is 5.40. The summed E-state index contributed by atoms with van der Waals surface area (Å²) in [6.07, 6.45) is 2.48. The summed E-state index contributed by atoms with van der Waals surface area (Å²) in [6.45, 7) is 2.88. The largest absolute Gasteiger partial charge is 0.382 e. The van der Waals surface area contributed by atoms with Crippen LogP contribution in [0.15, 0.2) is 42.6 Å². The number of hydrogen-bond donors (Lipinski definition) is 4. The van der Waals surface area contributed by atoms with Crippen molar-refractivity contribution in [2.45, 2.75) is 25.3 Å². The van der Waals surface area contributed by atoms with Gasteiger partial charge in [-0.1, -0.05) is 30.3 Å². The molecule has 4 N–H and O–H groups in total. The van der Waals surface area contributed by atoms with Crippen LogP contribution in [0.4, 0.5) is 10.6 Å². The number of methoxy groups -OCH3 is 1. The molecule has 2 aromatic heterocycles. The van der Waals surface area contributed by atoms with Crippen molar-refractivity contribution in [2.75, 3.05) is 25.6 Å². The van der Waals surface area contributed by atoms with Crippen LogP contribution in [0.25, 0.3) is 10.9 Å². The number of aromatic nitrogens is 3. The number of nitrogens with zero attached hydrogens (tertiary/aromatic N) is 2. The number of carbonyl (C=O) groups is 2. The van der Waals surface area contributed by atoms with Crippen molar-refractivity contribution in [1.82, 2.24) is 25.8 Å². The van der Waals surface area contributed by atoms with E-state index in [1.54, 1.807) is 19.4 Å². The molecule has 1 aromatic carbocycles. The molecule has 0 spiro atoms. The molecular weight excluding hydrogens is 396 g/mol. The van der Waals surface area contributed by atoms with E-state index in [0.29, 0.717) is 24.5 Å². The molecule has 4 rings (SSSR count). The van der Waals surface area contributed by atoms with Gasteiger partial charge in [-0.25, -0.2) is 9.78 Å². The normalized spacial score (nSPS) is 18.4. The fourth-order valence-electron chi connectivity index (χ4n) is 3.77. The monoisotopic (exact) mass is 422 g/mol. The van der Waals surface area contributed by atoms with Gasteiger partial charge in [0.2, 0.25) is 5.91 Å². The van der Waals surface area contributed by atoms with Gasteiger partial charge in [-0.15, -0.1) is 0 Å². The first-order chi connectivity index (χ1) is 15.1. The van der Waals surface area contributed by atoms with Crippen molar-refractivity contribution in [1.29, 1.82) is 0 Å². The molecule has 9 heteroatoms. The zero-order valence-electron chi connectivity index (χ0n) is 17.5. The molecule has 0 bridgehead atoms. The zero-order valence-corrected chi connectivity index (χ0v) is 17.5. The summed E-state index contributed by atoms with van der Waals surface area (Å²) in [4.78, 5) is 28.9. The number of ether oxygens (including phenoxy) is 1. The Bertz CT molecular complexity index is 1070. The Morgan fingerprint density at radius 2 is 2.10 bits per heavy atom. The first-order valence-electron chi connectivity index (χ1n) is 10.3. The van der Waals surface area contributed by atoms with Crippen LogP contribution in [-0.4, -0.2) is 47.4 Å². The maximum Gasteiger partial charge on any atom is 0.320 e. The van der Waals surface area contributed by atoms with Crippen molar-refractivity contribution >= 4 is 28.7 Å². The molecule has 0 aliphatic heterocycles. The fourth-order valence-corrected chi connectivity index (χ4v) is 3.77. The van der Waals surface area contributed by atoms with Crippen molar-refractivity contribution < 1.29 is 14.3 Å². The van der Waals surface area contributed by atoms with Crippen LogP contribution < -0.4 is 16.0 Å². The van der Waals surface area contributed by atoms with E-state index >= 15 is 0 Å². The van der Waals surface area contributed by atoms with E-state index < -0.39 is 0 Å². The molecule has 2 heterocycles. The van der Waals surface area contributed by atoms with Crippen molar-refractivity contribution in [3.8, 4) is 0 Å². The molecule has 1 saturated carbocycles. The SMILES string of the molecule is CCNC(=O)C1CC1c1[nH]nc2cc(NC(=O)N[C@H](COC)c3ccccc3)ncc12. The zero-order chi connectivity index (χ0) is 21.8. The number of carbonyl (C=O) groups excluding carboxylic acids is 2. The Morgan fingerprint density at radius 1 is 1.29 bits per heavy atom. The molecule has 3 aromatic rings. The summed E-state index contributed by atoms with van der Waals surface area (Å²) in [5, 5.41) is 16.8. The van der Waals surface area contributed by atoms with Crippen LogP contribution in [0.5, 0.6) is 0 Å². The Balaban J connectivity index is 1.42. The third-order valence-electron chi connectivity index (χ3n) is 5.40.